The fourth-order valence-corrected chi connectivity index (χ4v) is 3.75. The number of rotatable bonds is 6. The lowest BCUT2D eigenvalue weighted by atomic mass is 10.1. The molecule has 0 aliphatic carbocycles. The van der Waals surface area contributed by atoms with E-state index < -0.39 is 5.82 Å². The van der Waals surface area contributed by atoms with Gasteiger partial charge < -0.3 is 19.4 Å². The number of benzene rings is 2. The Hall–Kier alpha value is -3.42. The quantitative estimate of drug-likeness (QED) is 0.632. The molecule has 0 spiro atoms. The molecule has 0 atom stereocenters. The highest BCUT2D eigenvalue weighted by Gasteiger charge is 2.19. The highest BCUT2D eigenvalue weighted by molar-refractivity contribution is 6.04. The number of carbonyl (C=O) groups excluding carboxylic acids is 1. The molecule has 2 aromatic carbocycles. The van der Waals surface area contributed by atoms with Crippen LogP contribution < -0.4 is 14.8 Å². The Morgan fingerprint density at radius 3 is 2.81 bits per heavy atom. The summed E-state index contributed by atoms with van der Waals surface area (Å²) >= 11 is 0. The number of aryl methyl sites for hydroxylation is 1. The van der Waals surface area contributed by atoms with E-state index in [-0.39, 0.29) is 5.91 Å². The molecule has 0 saturated carbocycles. The Kier molecular flexibility index (Phi) is 6.16. The average molecular weight is 424 g/mol. The van der Waals surface area contributed by atoms with Crippen molar-refractivity contribution >= 4 is 11.6 Å². The predicted molar refractivity (Wildman–Crippen MR) is 115 cm³/mol. The molecule has 4 rings (SSSR count). The van der Waals surface area contributed by atoms with Crippen LogP contribution >= 0.6 is 0 Å². The fraction of sp³-hybridized carbons (Fsp3) is 0.348. The van der Waals surface area contributed by atoms with Gasteiger partial charge >= 0.3 is 0 Å². The lowest BCUT2D eigenvalue weighted by Crippen LogP contribution is -2.12. The van der Waals surface area contributed by atoms with Crippen LogP contribution in [0.3, 0.4) is 0 Å². The molecular formula is C23H25FN4O3. The van der Waals surface area contributed by atoms with Gasteiger partial charge in [0.1, 0.15) is 11.6 Å². The maximum atomic E-state index is 14.7. The second-order valence-electron chi connectivity index (χ2n) is 7.35. The van der Waals surface area contributed by atoms with Gasteiger partial charge in [-0.25, -0.2) is 4.39 Å². The van der Waals surface area contributed by atoms with Gasteiger partial charge in [0.15, 0.2) is 17.3 Å². The highest BCUT2D eigenvalue weighted by atomic mass is 19.1. The molecule has 1 aliphatic rings. The van der Waals surface area contributed by atoms with Gasteiger partial charge in [-0.1, -0.05) is 6.42 Å². The van der Waals surface area contributed by atoms with Gasteiger partial charge in [0.25, 0.3) is 5.91 Å². The van der Waals surface area contributed by atoms with Crippen LogP contribution in [0.5, 0.6) is 11.5 Å². The normalized spacial score (nSPS) is 13.3. The molecule has 31 heavy (non-hydrogen) atoms. The van der Waals surface area contributed by atoms with Crippen molar-refractivity contribution in [2.75, 3.05) is 19.0 Å². The Morgan fingerprint density at radius 1 is 1.13 bits per heavy atom. The van der Waals surface area contributed by atoms with Gasteiger partial charge in [-0.05, 0) is 56.2 Å². The minimum Gasteiger partial charge on any atom is -0.493 e. The van der Waals surface area contributed by atoms with Crippen molar-refractivity contribution in [3.05, 3.63) is 53.6 Å². The summed E-state index contributed by atoms with van der Waals surface area (Å²) in [6, 6.07) is 9.43. The van der Waals surface area contributed by atoms with Gasteiger partial charge in [-0.3, -0.25) is 4.79 Å². The summed E-state index contributed by atoms with van der Waals surface area (Å²) in [5.74, 6) is 1.67. The van der Waals surface area contributed by atoms with Gasteiger partial charge in [-0.15, -0.1) is 10.2 Å². The average Bonchev–Trinajstić information content (AvgIpc) is 3.03. The molecule has 1 aliphatic heterocycles. The van der Waals surface area contributed by atoms with E-state index in [1.807, 2.05) is 11.5 Å². The monoisotopic (exact) mass is 424 g/mol. The van der Waals surface area contributed by atoms with Crippen LogP contribution in [-0.4, -0.2) is 34.4 Å². The summed E-state index contributed by atoms with van der Waals surface area (Å²) in [5, 5.41) is 11.3. The third-order valence-electron chi connectivity index (χ3n) is 5.30. The van der Waals surface area contributed by atoms with Crippen LogP contribution in [0.25, 0.3) is 11.4 Å². The van der Waals surface area contributed by atoms with Gasteiger partial charge in [0, 0.05) is 24.2 Å². The topological polar surface area (TPSA) is 78.3 Å². The summed E-state index contributed by atoms with van der Waals surface area (Å²) in [6.45, 7) is 3.13. The Morgan fingerprint density at radius 2 is 2.00 bits per heavy atom. The Bertz CT molecular complexity index is 1100. The third-order valence-corrected chi connectivity index (χ3v) is 5.30. The molecule has 1 N–H and O–H groups in total. The molecular weight excluding hydrogens is 399 g/mol. The van der Waals surface area contributed by atoms with E-state index in [0.29, 0.717) is 40.7 Å². The molecule has 0 radical (unpaired) electrons. The van der Waals surface area contributed by atoms with Crippen molar-refractivity contribution in [1.29, 1.82) is 0 Å². The molecule has 2 heterocycles. The zero-order valence-electron chi connectivity index (χ0n) is 17.7. The lowest BCUT2D eigenvalue weighted by molar-refractivity contribution is 0.102. The first kappa shape index (κ1) is 20.8. The summed E-state index contributed by atoms with van der Waals surface area (Å²) in [6.07, 6.45) is 4.02. The number of halogens is 1. The zero-order valence-corrected chi connectivity index (χ0v) is 17.7. The highest BCUT2D eigenvalue weighted by Crippen LogP contribution is 2.30. The molecule has 1 aromatic heterocycles. The summed E-state index contributed by atoms with van der Waals surface area (Å²) in [5.41, 5.74) is 1.20. The summed E-state index contributed by atoms with van der Waals surface area (Å²) < 4.78 is 27.4. The van der Waals surface area contributed by atoms with Crippen LogP contribution in [0.2, 0.25) is 0 Å². The number of ether oxygens (including phenoxy) is 2. The molecule has 0 bridgehead atoms. The van der Waals surface area contributed by atoms with Crippen molar-refractivity contribution in [3.8, 4) is 22.9 Å². The van der Waals surface area contributed by atoms with Gasteiger partial charge in [-0.2, -0.15) is 0 Å². The number of hydrogen-bond donors (Lipinski definition) is 1. The van der Waals surface area contributed by atoms with E-state index in [1.54, 1.807) is 24.3 Å². The SMILES string of the molecule is CCOc1ccc(C(=O)Nc2ccc(F)c(-c3nnc4n3CCCCC4)c2)cc1OC. The maximum Gasteiger partial charge on any atom is 0.255 e. The van der Waals surface area contributed by atoms with Crippen molar-refractivity contribution in [1.82, 2.24) is 14.8 Å². The zero-order chi connectivity index (χ0) is 21.8. The summed E-state index contributed by atoms with van der Waals surface area (Å²) in [4.78, 5) is 12.8. The maximum absolute atomic E-state index is 14.7. The minimum absolute atomic E-state index is 0.322. The van der Waals surface area contributed by atoms with Crippen molar-refractivity contribution in [3.63, 3.8) is 0 Å². The van der Waals surface area contributed by atoms with E-state index in [4.69, 9.17) is 9.47 Å². The first-order chi connectivity index (χ1) is 15.1. The molecule has 8 heteroatoms. The molecule has 0 saturated heterocycles. The lowest BCUT2D eigenvalue weighted by Gasteiger charge is -2.12. The van der Waals surface area contributed by atoms with E-state index in [0.717, 1.165) is 38.1 Å². The first-order valence-electron chi connectivity index (χ1n) is 10.4. The van der Waals surface area contributed by atoms with Crippen LogP contribution in [0, 0.1) is 5.82 Å². The predicted octanol–water partition coefficient (Wildman–Crippen LogP) is 4.47. The van der Waals surface area contributed by atoms with Crippen LogP contribution in [0.4, 0.5) is 10.1 Å². The van der Waals surface area contributed by atoms with Crippen LogP contribution in [0.15, 0.2) is 36.4 Å². The number of anilines is 1. The number of nitrogens with one attached hydrogen (secondary N) is 1. The van der Waals surface area contributed by atoms with Gasteiger partial charge in [0.05, 0.1) is 19.3 Å². The molecule has 0 fully saturated rings. The number of amides is 1. The standard InChI is InChI=1S/C23H25FN4O3/c1-3-31-19-11-8-15(13-20(19)30-2)23(29)25-16-9-10-18(24)17(14-16)22-27-26-21-7-5-4-6-12-28(21)22/h8-11,13-14H,3-7,12H2,1-2H3,(H,25,29). The molecule has 1 amide bonds. The Balaban J connectivity index is 1.60. The van der Waals surface area contributed by atoms with E-state index >= 15 is 0 Å². The summed E-state index contributed by atoms with van der Waals surface area (Å²) in [7, 11) is 1.52. The van der Waals surface area contributed by atoms with E-state index in [2.05, 4.69) is 15.5 Å². The molecule has 162 valence electrons. The number of nitrogens with zero attached hydrogens (tertiary/aromatic N) is 3. The second kappa shape index (κ2) is 9.16. The fourth-order valence-electron chi connectivity index (χ4n) is 3.75. The second-order valence-corrected chi connectivity index (χ2v) is 7.35. The van der Waals surface area contributed by atoms with Crippen molar-refractivity contribution in [2.24, 2.45) is 0 Å². The van der Waals surface area contributed by atoms with Gasteiger partial charge in [0.2, 0.25) is 0 Å². The molecule has 3 aromatic rings. The number of hydrogen-bond acceptors (Lipinski definition) is 5. The smallest absolute Gasteiger partial charge is 0.255 e. The number of carbonyl (C=O) groups is 1. The Labute approximate surface area is 180 Å². The van der Waals surface area contributed by atoms with Crippen molar-refractivity contribution < 1.29 is 18.7 Å². The molecule has 7 nitrogen and oxygen atoms in total. The number of methoxy groups -OCH3 is 1. The molecule has 0 unspecified atom stereocenters. The minimum atomic E-state index is -0.403. The van der Waals surface area contributed by atoms with Crippen LogP contribution in [-0.2, 0) is 13.0 Å². The largest absolute Gasteiger partial charge is 0.493 e. The van der Waals surface area contributed by atoms with Crippen molar-refractivity contribution in [2.45, 2.75) is 39.2 Å². The van der Waals surface area contributed by atoms with Crippen LogP contribution in [0.1, 0.15) is 42.4 Å². The number of aromatic nitrogens is 3. The van der Waals surface area contributed by atoms with E-state index in [9.17, 15) is 9.18 Å². The van der Waals surface area contributed by atoms with E-state index in [1.165, 1.54) is 19.2 Å². The first-order valence-corrected chi connectivity index (χ1v) is 10.4. The third kappa shape index (κ3) is 4.38. The number of fused-ring (bicyclic) bond motifs is 1.